The van der Waals surface area contributed by atoms with E-state index in [1.54, 1.807) is 36.5 Å². The van der Waals surface area contributed by atoms with Gasteiger partial charge in [0, 0.05) is 17.2 Å². The first-order valence-electron chi connectivity index (χ1n) is 5.59. The Hall–Kier alpha value is -2.45. The van der Waals surface area contributed by atoms with Crippen molar-refractivity contribution in [1.82, 2.24) is 4.98 Å². The van der Waals surface area contributed by atoms with Gasteiger partial charge in [-0.25, -0.2) is 4.98 Å². The molecule has 19 heavy (non-hydrogen) atoms. The van der Waals surface area contributed by atoms with Crippen LogP contribution >= 0.6 is 11.3 Å². The van der Waals surface area contributed by atoms with Gasteiger partial charge in [0.25, 0.3) is 0 Å². The quantitative estimate of drug-likeness (QED) is 0.871. The number of nitrogens with zero attached hydrogens (tertiary/aromatic N) is 2. The predicted molar refractivity (Wildman–Crippen MR) is 75.7 cm³/mol. The van der Waals surface area contributed by atoms with E-state index in [0.717, 1.165) is 10.4 Å². The van der Waals surface area contributed by atoms with Crippen molar-refractivity contribution in [3.05, 3.63) is 52.5 Å². The molecule has 5 heteroatoms. The molecular formula is C14H11N3OS. The lowest BCUT2D eigenvalue weighted by atomic mass is 10.1. The molecule has 0 bridgehead atoms. The molecule has 0 fully saturated rings. The number of hydrogen-bond acceptors (Lipinski definition) is 4. The van der Waals surface area contributed by atoms with Gasteiger partial charge in [0.2, 0.25) is 5.91 Å². The maximum absolute atomic E-state index is 11.6. The molecule has 0 atom stereocenters. The number of amides is 1. The number of aromatic nitrogens is 1. The zero-order chi connectivity index (χ0) is 13.7. The van der Waals surface area contributed by atoms with Crippen LogP contribution in [0.1, 0.15) is 16.0 Å². The van der Waals surface area contributed by atoms with E-state index in [1.165, 1.54) is 17.4 Å². The summed E-state index contributed by atoms with van der Waals surface area (Å²) in [5.41, 5.74) is 1.46. The summed E-state index contributed by atoms with van der Waals surface area (Å²) in [5.74, 6) is -0.223. The van der Waals surface area contributed by atoms with Crippen LogP contribution in [0.15, 0.2) is 36.5 Å². The van der Waals surface area contributed by atoms with Crippen molar-refractivity contribution in [1.29, 1.82) is 5.26 Å². The number of rotatable bonds is 3. The van der Waals surface area contributed by atoms with Gasteiger partial charge < -0.3 is 0 Å². The fraction of sp³-hybridized carbons (Fsp3) is 0.0714. The minimum Gasteiger partial charge on any atom is -0.298 e. The minimum atomic E-state index is -0.223. The fourth-order valence-electron chi connectivity index (χ4n) is 1.40. The van der Waals surface area contributed by atoms with E-state index in [9.17, 15) is 4.79 Å². The molecule has 1 N–H and O–H groups in total. The van der Waals surface area contributed by atoms with Crippen LogP contribution < -0.4 is 5.32 Å². The van der Waals surface area contributed by atoms with Crippen LogP contribution in [0.25, 0.3) is 6.08 Å². The first kappa shape index (κ1) is 13.0. The average Bonchev–Trinajstić information content (AvgIpc) is 2.82. The predicted octanol–water partition coefficient (Wildman–Crippen LogP) is 2.98. The number of benzene rings is 1. The van der Waals surface area contributed by atoms with E-state index in [-0.39, 0.29) is 5.91 Å². The highest BCUT2D eigenvalue weighted by atomic mass is 32.1. The second-order valence-electron chi connectivity index (χ2n) is 3.83. The summed E-state index contributed by atoms with van der Waals surface area (Å²) in [5, 5.41) is 11.9. The van der Waals surface area contributed by atoms with E-state index in [1.807, 2.05) is 13.0 Å². The molecule has 0 unspecified atom stereocenters. The Morgan fingerprint density at radius 1 is 1.42 bits per heavy atom. The van der Waals surface area contributed by atoms with Crippen LogP contribution in [0.2, 0.25) is 0 Å². The second-order valence-corrected chi connectivity index (χ2v) is 5.07. The van der Waals surface area contributed by atoms with Gasteiger partial charge in [0.15, 0.2) is 5.13 Å². The largest absolute Gasteiger partial charge is 0.298 e. The van der Waals surface area contributed by atoms with Gasteiger partial charge in [-0.1, -0.05) is 12.1 Å². The van der Waals surface area contributed by atoms with Crippen molar-refractivity contribution in [3.63, 3.8) is 0 Å². The van der Waals surface area contributed by atoms with Crippen LogP contribution in [-0.2, 0) is 4.79 Å². The van der Waals surface area contributed by atoms with E-state index >= 15 is 0 Å². The third kappa shape index (κ3) is 3.76. The summed E-state index contributed by atoms with van der Waals surface area (Å²) in [4.78, 5) is 16.7. The molecule has 1 heterocycles. The zero-order valence-corrected chi connectivity index (χ0v) is 11.1. The first-order valence-corrected chi connectivity index (χ1v) is 6.41. The fourth-order valence-corrected chi connectivity index (χ4v) is 2.07. The molecular weight excluding hydrogens is 258 g/mol. The van der Waals surface area contributed by atoms with Gasteiger partial charge in [-0.2, -0.15) is 5.26 Å². The first-order chi connectivity index (χ1) is 9.17. The second kappa shape index (κ2) is 5.94. The highest BCUT2D eigenvalue weighted by molar-refractivity contribution is 7.15. The highest BCUT2D eigenvalue weighted by Gasteiger charge is 2.01. The average molecular weight is 269 g/mol. The molecule has 0 saturated heterocycles. The van der Waals surface area contributed by atoms with Crippen LogP contribution in [-0.4, -0.2) is 10.9 Å². The summed E-state index contributed by atoms with van der Waals surface area (Å²) >= 11 is 1.43. The SMILES string of the molecule is Cc1cnc(NC(=O)/C=C/c2ccc(C#N)cc2)s1. The van der Waals surface area contributed by atoms with Crippen LogP contribution in [0.5, 0.6) is 0 Å². The molecule has 1 aromatic carbocycles. The van der Waals surface area contributed by atoms with Crippen LogP contribution in [0.3, 0.4) is 0 Å². The molecule has 0 aliphatic rings. The minimum absolute atomic E-state index is 0.223. The molecule has 2 aromatic rings. The number of nitrogens with one attached hydrogen (secondary N) is 1. The van der Waals surface area contributed by atoms with Crippen molar-refractivity contribution in [2.45, 2.75) is 6.92 Å². The monoisotopic (exact) mass is 269 g/mol. The molecule has 1 amide bonds. The van der Waals surface area contributed by atoms with Crippen molar-refractivity contribution in [2.75, 3.05) is 5.32 Å². The summed E-state index contributed by atoms with van der Waals surface area (Å²) in [7, 11) is 0. The van der Waals surface area contributed by atoms with Gasteiger partial charge in [-0.05, 0) is 30.7 Å². The van der Waals surface area contributed by atoms with Crippen molar-refractivity contribution in [3.8, 4) is 6.07 Å². The topological polar surface area (TPSA) is 65.8 Å². The Labute approximate surface area is 115 Å². The Bertz CT molecular complexity index is 650. The van der Waals surface area contributed by atoms with E-state index in [2.05, 4.69) is 10.3 Å². The van der Waals surface area contributed by atoms with Crippen molar-refractivity contribution < 1.29 is 4.79 Å². The molecule has 0 saturated carbocycles. The summed E-state index contributed by atoms with van der Waals surface area (Å²) < 4.78 is 0. The van der Waals surface area contributed by atoms with Crippen molar-refractivity contribution >= 4 is 28.5 Å². The molecule has 94 valence electrons. The van der Waals surface area contributed by atoms with E-state index in [4.69, 9.17) is 5.26 Å². The number of carbonyl (C=O) groups is 1. The van der Waals surface area contributed by atoms with Gasteiger partial charge in [0.1, 0.15) is 0 Å². The zero-order valence-electron chi connectivity index (χ0n) is 10.3. The third-order valence-corrected chi connectivity index (χ3v) is 3.15. The maximum atomic E-state index is 11.6. The van der Waals surface area contributed by atoms with Crippen molar-refractivity contribution in [2.24, 2.45) is 0 Å². The van der Waals surface area contributed by atoms with Crippen LogP contribution in [0, 0.1) is 18.3 Å². The Kier molecular flexibility index (Phi) is 4.06. The molecule has 1 aromatic heterocycles. The Morgan fingerprint density at radius 2 is 2.16 bits per heavy atom. The molecule has 2 rings (SSSR count). The van der Waals surface area contributed by atoms with Crippen LogP contribution in [0.4, 0.5) is 5.13 Å². The summed E-state index contributed by atoms with van der Waals surface area (Å²) in [6.45, 7) is 1.93. The van der Waals surface area contributed by atoms with Gasteiger partial charge >= 0.3 is 0 Å². The molecule has 0 spiro atoms. The lowest BCUT2D eigenvalue weighted by Gasteiger charge is -1.96. The standard InChI is InChI=1S/C14H11N3OS/c1-10-9-16-14(19-10)17-13(18)7-6-11-2-4-12(8-15)5-3-11/h2-7,9H,1H3,(H,16,17,18)/b7-6+. The lowest BCUT2D eigenvalue weighted by Crippen LogP contribution is -2.06. The van der Waals surface area contributed by atoms with E-state index < -0.39 is 0 Å². The maximum Gasteiger partial charge on any atom is 0.250 e. The molecule has 0 aliphatic carbocycles. The molecule has 4 nitrogen and oxygen atoms in total. The molecule has 0 aliphatic heterocycles. The summed E-state index contributed by atoms with van der Waals surface area (Å²) in [6, 6.07) is 9.04. The molecule has 0 radical (unpaired) electrons. The van der Waals surface area contributed by atoms with E-state index in [0.29, 0.717) is 10.7 Å². The number of nitriles is 1. The third-order valence-electron chi connectivity index (χ3n) is 2.32. The Balaban J connectivity index is 1.97. The lowest BCUT2D eigenvalue weighted by molar-refractivity contribution is -0.111. The number of thiazole rings is 1. The summed E-state index contributed by atoms with van der Waals surface area (Å²) in [6.07, 6.45) is 4.85. The Morgan fingerprint density at radius 3 is 2.74 bits per heavy atom. The van der Waals surface area contributed by atoms with Gasteiger partial charge in [-0.15, -0.1) is 11.3 Å². The van der Waals surface area contributed by atoms with Gasteiger partial charge in [0.05, 0.1) is 11.6 Å². The number of carbonyl (C=O) groups excluding carboxylic acids is 1. The normalized spacial score (nSPS) is 10.3. The smallest absolute Gasteiger partial charge is 0.250 e. The number of aryl methyl sites for hydroxylation is 1. The highest BCUT2D eigenvalue weighted by Crippen LogP contribution is 2.16. The number of anilines is 1. The van der Waals surface area contributed by atoms with Gasteiger partial charge in [-0.3, -0.25) is 10.1 Å². The number of hydrogen-bond donors (Lipinski definition) is 1.